The predicted octanol–water partition coefficient (Wildman–Crippen LogP) is 2.98. The Labute approximate surface area is 136 Å². The lowest BCUT2D eigenvalue weighted by Gasteiger charge is -2.09. The molecule has 0 spiro atoms. The first-order chi connectivity index (χ1) is 9.92. The van der Waals surface area contributed by atoms with Gasteiger partial charge in [-0.25, -0.2) is 18.1 Å². The number of nitrogens with one attached hydrogen (secondary N) is 1. The quantitative estimate of drug-likeness (QED) is 0.796. The molecule has 2 aromatic rings. The van der Waals surface area contributed by atoms with Gasteiger partial charge in [-0.15, -0.1) is 0 Å². The summed E-state index contributed by atoms with van der Waals surface area (Å²) in [4.78, 5) is 3.74. The molecule has 0 amide bonds. The summed E-state index contributed by atoms with van der Waals surface area (Å²) in [6.45, 7) is 0.127. The fourth-order valence-corrected chi connectivity index (χ4v) is 3.59. The zero-order valence-electron chi connectivity index (χ0n) is 11.0. The number of methoxy groups -OCH3 is 1. The second-order valence-corrected chi connectivity index (χ2v) is 7.13. The Bertz CT molecular complexity index is 753. The number of hydrogen-bond acceptors (Lipinski definition) is 4. The van der Waals surface area contributed by atoms with Gasteiger partial charge in [0.15, 0.2) is 0 Å². The number of aromatic nitrogens is 1. The Morgan fingerprint density at radius 1 is 1.38 bits per heavy atom. The van der Waals surface area contributed by atoms with Crippen molar-refractivity contribution in [2.75, 3.05) is 7.11 Å². The van der Waals surface area contributed by atoms with Crippen LogP contribution in [-0.4, -0.2) is 20.5 Å². The second kappa shape index (κ2) is 6.74. The van der Waals surface area contributed by atoms with E-state index in [9.17, 15) is 8.42 Å². The summed E-state index contributed by atoms with van der Waals surface area (Å²) < 4.78 is 32.6. The van der Waals surface area contributed by atoms with Crippen LogP contribution in [0.2, 0.25) is 5.15 Å². The van der Waals surface area contributed by atoms with Gasteiger partial charge in [0, 0.05) is 17.2 Å². The molecule has 0 bridgehead atoms. The fourth-order valence-electron chi connectivity index (χ4n) is 1.63. The summed E-state index contributed by atoms with van der Waals surface area (Å²) >= 11 is 9.01. The van der Waals surface area contributed by atoms with Crippen LogP contribution >= 0.6 is 27.5 Å². The number of sulfonamides is 1. The molecule has 0 fully saturated rings. The molecule has 1 N–H and O–H groups in total. The molecular weight excluding hydrogens is 380 g/mol. The number of halogens is 2. The molecule has 0 saturated carbocycles. The van der Waals surface area contributed by atoms with E-state index in [4.69, 9.17) is 16.3 Å². The van der Waals surface area contributed by atoms with Crippen molar-refractivity contribution in [1.82, 2.24) is 9.71 Å². The number of nitrogens with zero attached hydrogens (tertiary/aromatic N) is 1. The average Bonchev–Trinajstić information content (AvgIpc) is 2.48. The van der Waals surface area contributed by atoms with E-state index in [0.29, 0.717) is 10.2 Å². The van der Waals surface area contributed by atoms with E-state index in [0.717, 1.165) is 5.56 Å². The van der Waals surface area contributed by atoms with Crippen LogP contribution in [0.3, 0.4) is 0 Å². The van der Waals surface area contributed by atoms with Crippen LogP contribution in [0.15, 0.2) is 45.9 Å². The van der Waals surface area contributed by atoms with Gasteiger partial charge in [0.2, 0.25) is 10.0 Å². The molecule has 1 aromatic carbocycles. The Hall–Kier alpha value is -1.15. The van der Waals surface area contributed by atoms with Crippen molar-refractivity contribution < 1.29 is 13.2 Å². The van der Waals surface area contributed by atoms with Gasteiger partial charge in [-0.05, 0) is 39.7 Å². The molecule has 21 heavy (non-hydrogen) atoms. The largest absolute Gasteiger partial charge is 0.497 e. The molecule has 0 saturated heterocycles. The fraction of sp³-hybridized carbons (Fsp3) is 0.154. The highest BCUT2D eigenvalue weighted by molar-refractivity contribution is 9.10. The summed E-state index contributed by atoms with van der Waals surface area (Å²) in [7, 11) is -2.19. The Balaban J connectivity index is 2.19. The first-order valence-corrected chi connectivity index (χ1v) is 8.51. The third-order valence-corrected chi connectivity index (χ3v) is 4.93. The third kappa shape index (κ3) is 4.16. The average molecular weight is 392 g/mol. The molecule has 0 aliphatic rings. The highest BCUT2D eigenvalue weighted by Crippen LogP contribution is 2.23. The van der Waals surface area contributed by atoms with Gasteiger partial charge in [-0.2, -0.15) is 0 Å². The first-order valence-electron chi connectivity index (χ1n) is 5.86. The van der Waals surface area contributed by atoms with Crippen molar-refractivity contribution in [3.05, 3.63) is 51.7 Å². The SMILES string of the molecule is COc1cccc(CNS(=O)(=O)c2cc(Br)cnc2Cl)c1. The normalized spacial score (nSPS) is 11.4. The third-order valence-electron chi connectivity index (χ3n) is 2.66. The van der Waals surface area contributed by atoms with Gasteiger partial charge >= 0.3 is 0 Å². The second-order valence-electron chi connectivity index (χ2n) is 4.12. The van der Waals surface area contributed by atoms with E-state index in [1.165, 1.54) is 12.3 Å². The van der Waals surface area contributed by atoms with Crippen LogP contribution < -0.4 is 9.46 Å². The van der Waals surface area contributed by atoms with Gasteiger partial charge in [0.25, 0.3) is 0 Å². The lowest BCUT2D eigenvalue weighted by atomic mass is 10.2. The number of pyridine rings is 1. The van der Waals surface area contributed by atoms with E-state index in [2.05, 4.69) is 25.6 Å². The monoisotopic (exact) mass is 390 g/mol. The minimum absolute atomic E-state index is 0.0681. The Kier molecular flexibility index (Phi) is 5.21. The van der Waals surface area contributed by atoms with Crippen LogP contribution in [0.5, 0.6) is 5.75 Å². The van der Waals surface area contributed by atoms with E-state index in [1.807, 2.05) is 0 Å². The molecule has 112 valence electrons. The summed E-state index contributed by atoms with van der Waals surface area (Å²) in [5.41, 5.74) is 0.775. The molecule has 8 heteroatoms. The number of benzene rings is 1. The van der Waals surface area contributed by atoms with E-state index in [-0.39, 0.29) is 16.6 Å². The van der Waals surface area contributed by atoms with E-state index >= 15 is 0 Å². The smallest absolute Gasteiger partial charge is 0.243 e. The summed E-state index contributed by atoms with van der Waals surface area (Å²) in [6.07, 6.45) is 1.43. The molecule has 1 heterocycles. The molecule has 0 atom stereocenters. The molecule has 0 unspecified atom stereocenters. The number of rotatable bonds is 5. The maximum absolute atomic E-state index is 12.2. The summed E-state index contributed by atoms with van der Waals surface area (Å²) in [5, 5.41) is -0.0728. The van der Waals surface area contributed by atoms with Crippen molar-refractivity contribution in [1.29, 1.82) is 0 Å². The maximum atomic E-state index is 12.2. The van der Waals surface area contributed by atoms with Gasteiger partial charge < -0.3 is 4.74 Å². The highest BCUT2D eigenvalue weighted by Gasteiger charge is 2.19. The minimum Gasteiger partial charge on any atom is -0.497 e. The van der Waals surface area contributed by atoms with Crippen LogP contribution in [0.4, 0.5) is 0 Å². The number of hydrogen-bond donors (Lipinski definition) is 1. The topological polar surface area (TPSA) is 68.3 Å². The molecule has 0 radical (unpaired) electrons. The van der Waals surface area contributed by atoms with Crippen LogP contribution in [0, 0.1) is 0 Å². The molecule has 1 aromatic heterocycles. The molecule has 0 aliphatic carbocycles. The van der Waals surface area contributed by atoms with Gasteiger partial charge in [0.1, 0.15) is 15.8 Å². The first kappa shape index (κ1) is 16.2. The molecular formula is C13H12BrClN2O3S. The lowest BCUT2D eigenvalue weighted by Crippen LogP contribution is -2.23. The van der Waals surface area contributed by atoms with Crippen molar-refractivity contribution in [3.8, 4) is 5.75 Å². The molecule has 0 aliphatic heterocycles. The lowest BCUT2D eigenvalue weighted by molar-refractivity contribution is 0.414. The van der Waals surface area contributed by atoms with Crippen LogP contribution in [0.1, 0.15) is 5.56 Å². The molecule has 5 nitrogen and oxygen atoms in total. The molecule has 2 rings (SSSR count). The van der Waals surface area contributed by atoms with Crippen molar-refractivity contribution >= 4 is 37.6 Å². The maximum Gasteiger partial charge on any atom is 0.243 e. The summed E-state index contributed by atoms with van der Waals surface area (Å²) in [6, 6.07) is 8.53. The van der Waals surface area contributed by atoms with Gasteiger partial charge in [0.05, 0.1) is 7.11 Å². The van der Waals surface area contributed by atoms with Crippen molar-refractivity contribution in [3.63, 3.8) is 0 Å². The predicted molar refractivity (Wildman–Crippen MR) is 84.0 cm³/mol. The highest BCUT2D eigenvalue weighted by atomic mass is 79.9. The van der Waals surface area contributed by atoms with Gasteiger partial charge in [-0.1, -0.05) is 23.7 Å². The van der Waals surface area contributed by atoms with E-state index < -0.39 is 10.0 Å². The Morgan fingerprint density at radius 3 is 2.86 bits per heavy atom. The zero-order valence-corrected chi connectivity index (χ0v) is 14.2. The number of ether oxygens (including phenoxy) is 1. The van der Waals surface area contributed by atoms with Crippen LogP contribution in [-0.2, 0) is 16.6 Å². The Morgan fingerprint density at radius 2 is 2.14 bits per heavy atom. The standard InChI is InChI=1S/C13H12BrClN2O3S/c1-20-11-4-2-3-9(5-11)7-17-21(18,19)12-6-10(14)8-16-13(12)15/h2-6,8,17H,7H2,1H3. The van der Waals surface area contributed by atoms with Gasteiger partial charge in [-0.3, -0.25) is 0 Å². The van der Waals surface area contributed by atoms with Crippen molar-refractivity contribution in [2.45, 2.75) is 11.4 Å². The summed E-state index contributed by atoms with van der Waals surface area (Å²) in [5.74, 6) is 0.661. The van der Waals surface area contributed by atoms with Crippen molar-refractivity contribution in [2.24, 2.45) is 0 Å². The zero-order chi connectivity index (χ0) is 15.5. The van der Waals surface area contributed by atoms with Crippen LogP contribution in [0.25, 0.3) is 0 Å². The van der Waals surface area contributed by atoms with E-state index in [1.54, 1.807) is 31.4 Å². The minimum atomic E-state index is -3.75.